The zero-order chi connectivity index (χ0) is 11.4. The molecule has 1 nitrogen and oxygen atoms in total. The van der Waals surface area contributed by atoms with Gasteiger partial charge in [-0.25, -0.2) is 0 Å². The van der Waals surface area contributed by atoms with Gasteiger partial charge in [0.25, 0.3) is 0 Å². The lowest BCUT2D eigenvalue weighted by Crippen LogP contribution is -2.19. The van der Waals surface area contributed by atoms with Crippen molar-refractivity contribution < 1.29 is 4.79 Å². The number of rotatable bonds is 0. The quantitative estimate of drug-likeness (QED) is 0.665. The maximum absolute atomic E-state index is 12.2. The van der Waals surface area contributed by atoms with E-state index in [9.17, 15) is 4.79 Å². The van der Waals surface area contributed by atoms with Crippen molar-refractivity contribution in [3.63, 3.8) is 0 Å². The maximum atomic E-state index is 12.2. The van der Waals surface area contributed by atoms with Gasteiger partial charge in [-0.3, -0.25) is 4.79 Å². The highest BCUT2D eigenvalue weighted by Gasteiger charge is 2.37. The van der Waals surface area contributed by atoms with E-state index in [1.54, 1.807) is 0 Å². The van der Waals surface area contributed by atoms with Gasteiger partial charge in [0, 0.05) is 6.42 Å². The van der Waals surface area contributed by atoms with Crippen LogP contribution in [0, 0.1) is 0 Å². The third-order valence-electron chi connectivity index (χ3n) is 4.01. The fourth-order valence-electron chi connectivity index (χ4n) is 3.29. The second-order valence-corrected chi connectivity index (χ2v) is 4.86. The first-order valence-electron chi connectivity index (χ1n) is 6.10. The fraction of sp³-hybridized carbons (Fsp3) is 0.188. The van der Waals surface area contributed by atoms with Gasteiger partial charge in [-0.05, 0) is 34.2 Å². The molecular weight excluding hydrogens is 208 g/mol. The standard InChI is InChI=1S/C16H12O/c17-14-9-8-10-4-3-7-12-11-5-1-2-6-13(11)16(14)15(10)12/h1-7,16H,8-9H2. The molecule has 0 aromatic heterocycles. The van der Waals surface area contributed by atoms with Gasteiger partial charge in [0.1, 0.15) is 5.78 Å². The number of Topliss-reactive ketones (excluding diaryl/α,β-unsaturated/α-hetero) is 1. The molecule has 2 aromatic carbocycles. The molecule has 0 heterocycles. The van der Waals surface area contributed by atoms with Gasteiger partial charge in [0.05, 0.1) is 5.92 Å². The summed E-state index contributed by atoms with van der Waals surface area (Å²) in [5, 5.41) is 0. The Morgan fingerprint density at radius 3 is 2.65 bits per heavy atom. The fourth-order valence-corrected chi connectivity index (χ4v) is 3.29. The van der Waals surface area contributed by atoms with Crippen molar-refractivity contribution >= 4 is 5.78 Å². The third-order valence-corrected chi connectivity index (χ3v) is 4.01. The van der Waals surface area contributed by atoms with Crippen molar-refractivity contribution in [1.82, 2.24) is 0 Å². The molecule has 2 aromatic rings. The first kappa shape index (κ1) is 9.17. The van der Waals surface area contributed by atoms with E-state index >= 15 is 0 Å². The number of fused-ring (bicyclic) bond motifs is 3. The van der Waals surface area contributed by atoms with Crippen molar-refractivity contribution in [2.75, 3.05) is 0 Å². The summed E-state index contributed by atoms with van der Waals surface area (Å²) in [5.41, 5.74) is 6.38. The summed E-state index contributed by atoms with van der Waals surface area (Å²) in [5.74, 6) is 0.404. The van der Waals surface area contributed by atoms with Crippen LogP contribution in [0.2, 0.25) is 0 Å². The van der Waals surface area contributed by atoms with Crippen LogP contribution in [-0.4, -0.2) is 5.78 Å². The number of ketones is 1. The SMILES string of the molecule is O=C1CCc2cccc3c2C1c1ccccc1-3. The Morgan fingerprint density at radius 2 is 1.71 bits per heavy atom. The number of aryl methyl sites for hydroxylation is 1. The van der Waals surface area contributed by atoms with Gasteiger partial charge in [-0.2, -0.15) is 0 Å². The number of hydrogen-bond donors (Lipinski definition) is 0. The van der Waals surface area contributed by atoms with Crippen LogP contribution < -0.4 is 0 Å². The van der Waals surface area contributed by atoms with Gasteiger partial charge in [-0.15, -0.1) is 0 Å². The molecule has 82 valence electrons. The second kappa shape index (κ2) is 3.07. The van der Waals surface area contributed by atoms with Gasteiger partial charge >= 0.3 is 0 Å². The molecule has 0 bridgehead atoms. The van der Waals surface area contributed by atoms with E-state index in [1.165, 1.54) is 27.8 Å². The molecule has 1 unspecified atom stereocenters. The summed E-state index contributed by atoms with van der Waals surface area (Å²) in [6, 6.07) is 14.8. The maximum Gasteiger partial charge on any atom is 0.145 e. The molecule has 0 radical (unpaired) electrons. The van der Waals surface area contributed by atoms with E-state index < -0.39 is 0 Å². The zero-order valence-electron chi connectivity index (χ0n) is 9.44. The lowest BCUT2D eigenvalue weighted by atomic mass is 9.81. The Labute approximate surface area is 100 Å². The molecule has 4 rings (SSSR count). The molecule has 1 atom stereocenters. The molecule has 0 fully saturated rings. The Balaban J connectivity index is 2.13. The Hall–Kier alpha value is -1.89. The van der Waals surface area contributed by atoms with E-state index in [1.807, 2.05) is 6.07 Å². The third kappa shape index (κ3) is 1.06. The average Bonchev–Trinajstić information content (AvgIpc) is 2.71. The van der Waals surface area contributed by atoms with Crippen molar-refractivity contribution in [1.29, 1.82) is 0 Å². The number of carbonyl (C=O) groups is 1. The summed E-state index contributed by atoms with van der Waals surface area (Å²) in [4.78, 5) is 12.2. The van der Waals surface area contributed by atoms with Crippen LogP contribution in [0.15, 0.2) is 42.5 Å². The minimum Gasteiger partial charge on any atom is -0.299 e. The molecule has 17 heavy (non-hydrogen) atoms. The van der Waals surface area contributed by atoms with Crippen molar-refractivity contribution in [3.8, 4) is 11.1 Å². The summed E-state index contributed by atoms with van der Waals surface area (Å²) >= 11 is 0. The predicted octanol–water partition coefficient (Wildman–Crippen LogP) is 3.31. The predicted molar refractivity (Wildman–Crippen MR) is 67.0 cm³/mol. The van der Waals surface area contributed by atoms with Crippen LogP contribution >= 0.6 is 0 Å². The van der Waals surface area contributed by atoms with E-state index in [2.05, 4.69) is 36.4 Å². The topological polar surface area (TPSA) is 17.1 Å². The Kier molecular flexibility index (Phi) is 1.66. The smallest absolute Gasteiger partial charge is 0.145 e. The molecule has 0 saturated carbocycles. The van der Waals surface area contributed by atoms with Gasteiger partial charge in [0.15, 0.2) is 0 Å². The van der Waals surface area contributed by atoms with Crippen LogP contribution in [0.4, 0.5) is 0 Å². The minimum atomic E-state index is 0.0196. The summed E-state index contributed by atoms with van der Waals surface area (Å²) < 4.78 is 0. The lowest BCUT2D eigenvalue weighted by molar-refractivity contribution is -0.119. The molecule has 0 saturated heterocycles. The average molecular weight is 220 g/mol. The van der Waals surface area contributed by atoms with Crippen LogP contribution in [0.3, 0.4) is 0 Å². The lowest BCUT2D eigenvalue weighted by Gasteiger charge is -2.21. The monoisotopic (exact) mass is 220 g/mol. The first-order chi connectivity index (χ1) is 8.36. The van der Waals surface area contributed by atoms with Crippen molar-refractivity contribution in [2.24, 2.45) is 0 Å². The number of hydrogen-bond acceptors (Lipinski definition) is 1. The minimum absolute atomic E-state index is 0.0196. The van der Waals surface area contributed by atoms with Crippen LogP contribution in [-0.2, 0) is 11.2 Å². The van der Waals surface area contributed by atoms with Gasteiger partial charge in [-0.1, -0.05) is 42.5 Å². The van der Waals surface area contributed by atoms with E-state index in [4.69, 9.17) is 0 Å². The largest absolute Gasteiger partial charge is 0.299 e. The van der Waals surface area contributed by atoms with Crippen molar-refractivity contribution in [2.45, 2.75) is 18.8 Å². The molecular formula is C16H12O. The van der Waals surface area contributed by atoms with E-state index in [0.717, 1.165) is 6.42 Å². The van der Waals surface area contributed by atoms with E-state index in [-0.39, 0.29) is 5.92 Å². The summed E-state index contributed by atoms with van der Waals surface area (Å²) in [7, 11) is 0. The number of carbonyl (C=O) groups excluding carboxylic acids is 1. The molecule has 0 aliphatic heterocycles. The molecule has 2 aliphatic carbocycles. The van der Waals surface area contributed by atoms with E-state index in [0.29, 0.717) is 12.2 Å². The Morgan fingerprint density at radius 1 is 0.882 bits per heavy atom. The van der Waals surface area contributed by atoms with Crippen LogP contribution in [0.1, 0.15) is 29.0 Å². The van der Waals surface area contributed by atoms with Crippen LogP contribution in [0.25, 0.3) is 11.1 Å². The number of benzene rings is 2. The highest BCUT2D eigenvalue weighted by Crippen LogP contribution is 2.49. The van der Waals surface area contributed by atoms with Gasteiger partial charge in [0.2, 0.25) is 0 Å². The molecule has 0 N–H and O–H groups in total. The normalized spacial score (nSPS) is 20.0. The molecule has 2 aliphatic rings. The Bertz CT molecular complexity index is 640. The van der Waals surface area contributed by atoms with Crippen molar-refractivity contribution in [3.05, 3.63) is 59.2 Å². The highest BCUT2D eigenvalue weighted by molar-refractivity contribution is 5.99. The zero-order valence-corrected chi connectivity index (χ0v) is 9.44. The second-order valence-electron chi connectivity index (χ2n) is 4.86. The van der Waals surface area contributed by atoms with Gasteiger partial charge < -0.3 is 0 Å². The summed E-state index contributed by atoms with van der Waals surface area (Å²) in [6.45, 7) is 0. The molecule has 0 amide bonds. The van der Waals surface area contributed by atoms with Crippen LogP contribution in [0.5, 0.6) is 0 Å². The molecule has 1 heteroatoms. The molecule has 0 spiro atoms. The first-order valence-corrected chi connectivity index (χ1v) is 6.10. The summed E-state index contributed by atoms with van der Waals surface area (Å²) in [6.07, 6.45) is 1.60. The highest BCUT2D eigenvalue weighted by atomic mass is 16.1.